The summed E-state index contributed by atoms with van der Waals surface area (Å²) in [5.74, 6) is 0.731. The number of aromatic nitrogens is 1. The zero-order chi connectivity index (χ0) is 12.7. The number of benzene rings is 1. The predicted molar refractivity (Wildman–Crippen MR) is 70.2 cm³/mol. The van der Waals surface area contributed by atoms with Gasteiger partial charge in [-0.15, -0.1) is 0 Å². The molecule has 2 aromatic heterocycles. The first-order valence-corrected chi connectivity index (χ1v) is 5.84. The fourth-order valence-electron chi connectivity index (χ4n) is 2.31. The molecule has 1 aromatic carbocycles. The quantitative estimate of drug-likeness (QED) is 0.695. The lowest BCUT2D eigenvalue weighted by Gasteiger charge is -2.10. The van der Waals surface area contributed by atoms with Crippen LogP contribution in [-0.4, -0.2) is 11.7 Å². The number of pyridine rings is 1. The lowest BCUT2D eigenvalue weighted by molar-refractivity contribution is 0.415. The molecule has 0 saturated carbocycles. The van der Waals surface area contributed by atoms with Crippen LogP contribution in [0.25, 0.3) is 22.0 Å². The first-order chi connectivity index (χ1) is 8.76. The molecule has 0 bridgehead atoms. The van der Waals surface area contributed by atoms with E-state index in [-0.39, 0.29) is 5.43 Å². The number of methoxy groups -OCH3 is 1. The van der Waals surface area contributed by atoms with E-state index in [0.717, 1.165) is 17.8 Å². The maximum Gasteiger partial charge on any atom is 0.210 e. The minimum Gasteiger partial charge on any atom is -0.497 e. The maximum absolute atomic E-state index is 12.3. The molecule has 4 nitrogen and oxygen atoms in total. The first-order valence-electron chi connectivity index (χ1n) is 5.84. The fraction of sp³-hybridized carbons (Fsp3) is 0.214. The Kier molecular flexibility index (Phi) is 2.37. The lowest BCUT2D eigenvalue weighted by atomic mass is 10.1. The average molecular weight is 243 g/mol. The van der Waals surface area contributed by atoms with Gasteiger partial charge in [0.1, 0.15) is 5.75 Å². The van der Waals surface area contributed by atoms with E-state index in [1.165, 1.54) is 0 Å². The Hall–Kier alpha value is -2.23. The van der Waals surface area contributed by atoms with Gasteiger partial charge in [-0.25, -0.2) is 0 Å². The highest BCUT2D eigenvalue weighted by Gasteiger charge is 2.12. The molecule has 0 aliphatic heterocycles. The fourth-order valence-corrected chi connectivity index (χ4v) is 2.31. The summed E-state index contributed by atoms with van der Waals surface area (Å²) in [6, 6.07) is 7.18. The number of hydrogen-bond donors (Lipinski definition) is 0. The molecule has 0 spiro atoms. The molecular weight excluding hydrogens is 230 g/mol. The third-order valence-corrected chi connectivity index (χ3v) is 3.19. The van der Waals surface area contributed by atoms with Crippen LogP contribution in [0.5, 0.6) is 5.75 Å². The Labute approximate surface area is 103 Å². The summed E-state index contributed by atoms with van der Waals surface area (Å²) in [6.45, 7) is 2.75. The van der Waals surface area contributed by atoms with Crippen molar-refractivity contribution in [2.75, 3.05) is 7.11 Å². The zero-order valence-electron chi connectivity index (χ0n) is 10.3. The van der Waals surface area contributed by atoms with Crippen molar-refractivity contribution >= 4 is 22.0 Å². The number of aryl methyl sites for hydroxylation is 1. The summed E-state index contributed by atoms with van der Waals surface area (Å²) in [5, 5.41) is 1.31. The summed E-state index contributed by atoms with van der Waals surface area (Å²) in [7, 11) is 1.61. The molecule has 0 aliphatic carbocycles. The van der Waals surface area contributed by atoms with Gasteiger partial charge in [0, 0.05) is 18.0 Å². The Bertz CT molecular complexity index is 783. The summed E-state index contributed by atoms with van der Waals surface area (Å²) in [5.41, 5.74) is 1.45. The molecule has 92 valence electrons. The van der Waals surface area contributed by atoms with E-state index in [2.05, 4.69) is 0 Å². The van der Waals surface area contributed by atoms with E-state index < -0.39 is 0 Å². The number of furan rings is 1. The SMILES string of the molecule is CCn1c2cc(OC)ccc2c(=O)c2ccoc21. The van der Waals surface area contributed by atoms with E-state index in [4.69, 9.17) is 9.15 Å². The van der Waals surface area contributed by atoms with Crippen LogP contribution in [0, 0.1) is 0 Å². The van der Waals surface area contributed by atoms with Crippen molar-refractivity contribution in [3.63, 3.8) is 0 Å². The molecule has 2 heterocycles. The topological polar surface area (TPSA) is 44.4 Å². The minimum absolute atomic E-state index is 0.00102. The third-order valence-electron chi connectivity index (χ3n) is 3.19. The van der Waals surface area contributed by atoms with Crippen molar-refractivity contribution in [3.8, 4) is 5.75 Å². The van der Waals surface area contributed by atoms with Gasteiger partial charge in [-0.2, -0.15) is 0 Å². The molecule has 4 heteroatoms. The zero-order valence-corrected chi connectivity index (χ0v) is 10.3. The van der Waals surface area contributed by atoms with Gasteiger partial charge in [-0.3, -0.25) is 4.79 Å². The molecular formula is C14H13NO3. The lowest BCUT2D eigenvalue weighted by Crippen LogP contribution is -2.09. The van der Waals surface area contributed by atoms with Gasteiger partial charge < -0.3 is 13.7 Å². The number of hydrogen-bond acceptors (Lipinski definition) is 3. The Morgan fingerprint density at radius 1 is 1.28 bits per heavy atom. The summed E-state index contributed by atoms with van der Waals surface area (Å²) >= 11 is 0. The van der Waals surface area contributed by atoms with Gasteiger partial charge in [0.15, 0.2) is 0 Å². The van der Waals surface area contributed by atoms with Crippen molar-refractivity contribution in [1.82, 2.24) is 4.57 Å². The van der Waals surface area contributed by atoms with Crippen LogP contribution in [0.4, 0.5) is 0 Å². The normalized spacial score (nSPS) is 11.2. The number of nitrogens with zero attached hydrogens (tertiary/aromatic N) is 1. The molecule has 0 amide bonds. The van der Waals surface area contributed by atoms with Gasteiger partial charge in [0.2, 0.25) is 11.1 Å². The second-order valence-corrected chi connectivity index (χ2v) is 4.10. The van der Waals surface area contributed by atoms with Crippen molar-refractivity contribution in [2.45, 2.75) is 13.5 Å². The molecule has 0 aliphatic rings. The second kappa shape index (κ2) is 3.91. The maximum atomic E-state index is 12.3. The number of rotatable bonds is 2. The minimum atomic E-state index is 0.00102. The van der Waals surface area contributed by atoms with Crippen LogP contribution in [0.3, 0.4) is 0 Å². The van der Waals surface area contributed by atoms with Crippen molar-refractivity contribution in [1.29, 1.82) is 0 Å². The second-order valence-electron chi connectivity index (χ2n) is 4.10. The molecule has 0 unspecified atom stereocenters. The highest BCUT2D eigenvalue weighted by molar-refractivity contribution is 5.91. The van der Waals surface area contributed by atoms with Gasteiger partial charge in [0.05, 0.1) is 24.3 Å². The average Bonchev–Trinajstić information content (AvgIpc) is 2.88. The highest BCUT2D eigenvalue weighted by atomic mass is 16.5. The van der Waals surface area contributed by atoms with Crippen molar-refractivity contribution < 1.29 is 9.15 Å². The van der Waals surface area contributed by atoms with Crippen LogP contribution in [-0.2, 0) is 6.54 Å². The Morgan fingerprint density at radius 2 is 2.11 bits per heavy atom. The molecule has 0 fully saturated rings. The van der Waals surface area contributed by atoms with E-state index in [1.54, 1.807) is 31.6 Å². The molecule has 0 saturated heterocycles. The first kappa shape index (κ1) is 10.9. The van der Waals surface area contributed by atoms with Crippen LogP contribution in [0.15, 0.2) is 39.7 Å². The number of ether oxygens (including phenoxy) is 1. The molecule has 3 rings (SSSR count). The van der Waals surface area contributed by atoms with Crippen LogP contribution >= 0.6 is 0 Å². The molecule has 3 aromatic rings. The van der Waals surface area contributed by atoms with Gasteiger partial charge in [-0.1, -0.05) is 0 Å². The van der Waals surface area contributed by atoms with E-state index in [0.29, 0.717) is 16.5 Å². The smallest absolute Gasteiger partial charge is 0.210 e. The monoisotopic (exact) mass is 243 g/mol. The summed E-state index contributed by atoms with van der Waals surface area (Å²) < 4.78 is 12.6. The van der Waals surface area contributed by atoms with Gasteiger partial charge in [-0.05, 0) is 25.1 Å². The molecule has 18 heavy (non-hydrogen) atoms. The van der Waals surface area contributed by atoms with Crippen molar-refractivity contribution in [3.05, 3.63) is 40.8 Å². The Morgan fingerprint density at radius 3 is 2.83 bits per heavy atom. The van der Waals surface area contributed by atoms with E-state index in [9.17, 15) is 4.79 Å². The van der Waals surface area contributed by atoms with Crippen molar-refractivity contribution in [2.24, 2.45) is 0 Å². The highest BCUT2D eigenvalue weighted by Crippen LogP contribution is 2.23. The third kappa shape index (κ3) is 1.35. The predicted octanol–water partition coefficient (Wildman–Crippen LogP) is 2.78. The van der Waals surface area contributed by atoms with Crippen LogP contribution in [0.2, 0.25) is 0 Å². The standard InChI is InChI=1S/C14H13NO3/c1-3-15-12-8-9(17-2)4-5-10(12)13(16)11-6-7-18-14(11)15/h4-8H,3H2,1-2H3. The summed E-state index contributed by atoms with van der Waals surface area (Å²) in [6.07, 6.45) is 1.55. The van der Waals surface area contributed by atoms with Crippen LogP contribution in [0.1, 0.15) is 6.92 Å². The molecule has 0 atom stereocenters. The largest absolute Gasteiger partial charge is 0.497 e. The van der Waals surface area contributed by atoms with Gasteiger partial charge in [0.25, 0.3) is 0 Å². The van der Waals surface area contributed by atoms with Crippen LogP contribution < -0.4 is 10.2 Å². The van der Waals surface area contributed by atoms with E-state index >= 15 is 0 Å². The summed E-state index contributed by atoms with van der Waals surface area (Å²) in [4.78, 5) is 12.3. The number of fused-ring (bicyclic) bond motifs is 2. The van der Waals surface area contributed by atoms with Gasteiger partial charge >= 0.3 is 0 Å². The molecule has 0 N–H and O–H groups in total. The van der Waals surface area contributed by atoms with E-state index in [1.807, 2.05) is 17.6 Å². The Balaban J connectivity index is 2.57. The molecule has 0 radical (unpaired) electrons.